The van der Waals surface area contributed by atoms with Crippen LogP contribution in [0.2, 0.25) is 0 Å². The summed E-state index contributed by atoms with van der Waals surface area (Å²) in [5.74, 6) is -11.5. The van der Waals surface area contributed by atoms with Gasteiger partial charge in [0.1, 0.15) is 153 Å². The fourth-order valence-electron chi connectivity index (χ4n) is 10.1. The van der Waals surface area contributed by atoms with Gasteiger partial charge in [0, 0.05) is 12.8 Å². The molecule has 0 radical (unpaired) electrons. The molecule has 0 aromatic heterocycles. The largest absolute Gasteiger partial charge is 0.477 e. The Balaban J connectivity index is 1.50. The maximum atomic E-state index is 13.1. The minimum Gasteiger partial charge on any atom is -0.477 e. The minimum absolute atomic E-state index is 1.10. The fraction of sp³-hybridized carbons (Fsp3) is 0.953. The molecule has 25 N–H and O–H groups in total. The van der Waals surface area contributed by atoms with E-state index in [1.165, 1.54) is 0 Å². The van der Waals surface area contributed by atoms with Gasteiger partial charge in [0.25, 0.3) is 11.6 Å². The van der Waals surface area contributed by atoms with Crippen LogP contribution in [0, 0.1) is 0 Å². The summed E-state index contributed by atoms with van der Waals surface area (Å²) >= 11 is 0. The molecule has 33 atom stereocenters. The summed E-state index contributed by atoms with van der Waals surface area (Å²) in [6, 6.07) is 0. The molecule has 0 aromatic carbocycles. The van der Waals surface area contributed by atoms with Crippen LogP contribution in [0.15, 0.2) is 0 Å². The van der Waals surface area contributed by atoms with Crippen LogP contribution in [0.3, 0.4) is 0 Å². The van der Waals surface area contributed by atoms with Crippen LogP contribution in [0.5, 0.6) is 0 Å². The Morgan fingerprint density at radius 3 is 1.38 bits per heavy atom. The number of aliphatic carboxylic acids is 2. The molecule has 6 fully saturated rings. The summed E-state index contributed by atoms with van der Waals surface area (Å²) in [7, 11) is 0. The molecule has 6 heterocycles. The molecule has 0 amide bonds. The third kappa shape index (κ3) is 13.9. The second kappa shape index (κ2) is 28.0. The van der Waals surface area contributed by atoms with Crippen LogP contribution in [-0.2, 0) is 61.7 Å². The lowest BCUT2D eigenvalue weighted by Gasteiger charge is -2.53. The lowest BCUT2D eigenvalue weighted by molar-refractivity contribution is -0.419. The van der Waals surface area contributed by atoms with Crippen LogP contribution in [0.25, 0.3) is 0 Å². The van der Waals surface area contributed by atoms with Crippen LogP contribution in [0.4, 0.5) is 0 Å². The molecule has 0 saturated carbocycles. The highest BCUT2D eigenvalue weighted by Crippen LogP contribution is 2.43. The van der Waals surface area contributed by atoms with E-state index < -0.39 is 266 Å². The van der Waals surface area contributed by atoms with Crippen molar-refractivity contribution in [1.82, 2.24) is 0 Å². The summed E-state index contributed by atoms with van der Waals surface area (Å²) in [6.45, 7) is -7.62. The molecule has 81 heavy (non-hydrogen) atoms. The Kier molecular flexibility index (Phi) is 23.4. The SMILES string of the molecule is O=C(O)[C@@]1(O[C@@H]2C[C@](O)(C(=O)O)O[C@H]([C@H](O)CO)[C@@H]2O[C@H]2O[C@H]([C@@H](O)CO)[C@@H](O[C@@H]3O[C@H](CO)[C@@H](O)[C@H](O)[C@H]3O)[C@H](O[C@H]3O[C@H]([C@@H](O)CO)[C@@H](O)[C@H](O)[C@@H]3O[C@H]3O[C@H]([C@@H](O)CO)[C@@H](O)[C@H](O)[C@@H]3O)[C@@H]2O)C[C@@H](O)[C@@H](O)[C@@H]([C@H](O)CO)O1. The van der Waals surface area contributed by atoms with Crippen LogP contribution >= 0.6 is 0 Å². The van der Waals surface area contributed by atoms with Gasteiger partial charge < -0.3 is 180 Å². The van der Waals surface area contributed by atoms with Gasteiger partial charge in [-0.05, 0) is 0 Å². The van der Waals surface area contributed by atoms with Gasteiger partial charge in [-0.3, -0.25) is 0 Å². The number of rotatable bonds is 23. The maximum Gasteiger partial charge on any atom is 0.364 e. The first-order valence-corrected chi connectivity index (χ1v) is 25.0. The number of hydrogen-bond acceptors (Lipinski definition) is 36. The van der Waals surface area contributed by atoms with Crippen molar-refractivity contribution in [2.75, 3.05) is 39.6 Å². The summed E-state index contributed by atoms with van der Waals surface area (Å²) < 4.78 is 62.8. The third-order valence-corrected chi connectivity index (χ3v) is 14.6. The molecule has 0 spiro atoms. The molecule has 0 aliphatic carbocycles. The van der Waals surface area contributed by atoms with Gasteiger partial charge >= 0.3 is 11.9 Å². The number of aliphatic hydroxyl groups excluding tert-OH is 22. The van der Waals surface area contributed by atoms with Gasteiger partial charge in [0.2, 0.25) is 0 Å². The number of carboxylic acids is 2. The zero-order valence-corrected chi connectivity index (χ0v) is 42.0. The number of ether oxygens (including phenoxy) is 11. The highest BCUT2D eigenvalue weighted by Gasteiger charge is 2.64. The van der Waals surface area contributed by atoms with Crippen molar-refractivity contribution in [2.45, 2.75) is 214 Å². The van der Waals surface area contributed by atoms with E-state index in [-0.39, 0.29) is 0 Å². The molecule has 6 aliphatic rings. The van der Waals surface area contributed by atoms with Crippen molar-refractivity contribution in [3.05, 3.63) is 0 Å². The topological polar surface area (TPSA) is 641 Å². The third-order valence-electron chi connectivity index (χ3n) is 14.6. The zero-order chi connectivity index (χ0) is 60.5. The lowest BCUT2D eigenvalue weighted by Crippen LogP contribution is -2.71. The average molecular weight is 1200 g/mol. The van der Waals surface area contributed by atoms with E-state index in [2.05, 4.69) is 0 Å². The van der Waals surface area contributed by atoms with Crippen LogP contribution < -0.4 is 0 Å². The van der Waals surface area contributed by atoms with E-state index in [1.807, 2.05) is 0 Å². The van der Waals surface area contributed by atoms with Crippen LogP contribution in [-0.4, -0.2) is 381 Å². The Bertz CT molecular complexity index is 2000. The highest BCUT2D eigenvalue weighted by atomic mass is 16.8. The molecule has 472 valence electrons. The van der Waals surface area contributed by atoms with Gasteiger partial charge in [-0.25, -0.2) is 9.59 Å². The maximum absolute atomic E-state index is 13.1. The molecule has 6 aliphatic heterocycles. The van der Waals surface area contributed by atoms with E-state index in [0.717, 1.165) is 0 Å². The van der Waals surface area contributed by atoms with Crippen molar-refractivity contribution in [1.29, 1.82) is 0 Å². The first-order chi connectivity index (χ1) is 38.0. The Hall–Kier alpha value is -2.42. The molecule has 0 bridgehead atoms. The van der Waals surface area contributed by atoms with Crippen LogP contribution in [0.1, 0.15) is 12.8 Å². The predicted octanol–water partition coefficient (Wildman–Crippen LogP) is -16.3. The number of carbonyl (C=O) groups is 2. The number of hydrogen-bond donors (Lipinski definition) is 25. The van der Waals surface area contributed by atoms with E-state index in [0.29, 0.717) is 0 Å². The predicted molar refractivity (Wildman–Crippen MR) is 240 cm³/mol. The summed E-state index contributed by atoms with van der Waals surface area (Å²) in [4.78, 5) is 25.8. The average Bonchev–Trinajstić information content (AvgIpc) is 3.44. The van der Waals surface area contributed by atoms with E-state index in [4.69, 9.17) is 52.1 Å². The highest BCUT2D eigenvalue weighted by molar-refractivity contribution is 5.76. The first kappa shape index (κ1) is 67.7. The quantitative estimate of drug-likeness (QED) is 0.0452. The molecule has 38 heteroatoms. The number of aliphatic hydroxyl groups is 23. The van der Waals surface area contributed by atoms with Gasteiger partial charge in [-0.2, -0.15) is 0 Å². The molecular formula is C43H72O38. The Morgan fingerprint density at radius 1 is 0.420 bits per heavy atom. The van der Waals surface area contributed by atoms with Crippen molar-refractivity contribution in [2.24, 2.45) is 0 Å². The Labute approximate surface area is 454 Å². The minimum atomic E-state index is -3.59. The van der Waals surface area contributed by atoms with Gasteiger partial charge in [-0.1, -0.05) is 0 Å². The molecule has 6 rings (SSSR count). The smallest absolute Gasteiger partial charge is 0.364 e. The monoisotopic (exact) mass is 1200 g/mol. The van der Waals surface area contributed by atoms with Crippen molar-refractivity contribution in [3.8, 4) is 0 Å². The van der Waals surface area contributed by atoms with E-state index in [9.17, 15) is 137 Å². The molecular weight excluding hydrogens is 1120 g/mol. The van der Waals surface area contributed by atoms with Gasteiger partial charge in [0.05, 0.1) is 51.8 Å². The lowest BCUT2D eigenvalue weighted by atomic mass is 9.89. The second-order valence-electron chi connectivity index (χ2n) is 20.1. The normalized spacial score (nSPS) is 48.1. The van der Waals surface area contributed by atoms with Crippen molar-refractivity contribution in [3.63, 3.8) is 0 Å². The Morgan fingerprint density at radius 2 is 0.852 bits per heavy atom. The zero-order valence-electron chi connectivity index (χ0n) is 42.0. The summed E-state index contributed by atoms with van der Waals surface area (Å²) in [6.07, 6.45) is -75.4. The summed E-state index contributed by atoms with van der Waals surface area (Å²) in [5, 5.41) is 268. The number of carboxylic acid groups (broad SMARTS) is 2. The van der Waals surface area contributed by atoms with Crippen molar-refractivity contribution >= 4 is 11.9 Å². The van der Waals surface area contributed by atoms with Crippen molar-refractivity contribution < 1.29 is 189 Å². The molecule has 38 nitrogen and oxygen atoms in total. The fourth-order valence-corrected chi connectivity index (χ4v) is 10.1. The molecule has 0 aromatic rings. The van der Waals surface area contributed by atoms with Gasteiger partial charge in [0.15, 0.2) is 25.2 Å². The summed E-state index contributed by atoms with van der Waals surface area (Å²) in [5.41, 5.74) is 0. The molecule has 6 saturated heterocycles. The molecule has 0 unspecified atom stereocenters. The standard InChI is InChI=1S/C43H72O38/c44-3-10(51)27-21(60)20(59)25(64)37(72-27)77-34-23(62)22(61)28(11(52)4-45)73-39(34)76-33-26(65)38(74-30(13(54)6-47)35(33)78-36-24(63)19(58)18(57)16(8-49)71-36)75-32-15(2-42(70,40(66)67)80-31(32)14(55)7-48)79-43(41(68)69)1-9(50)17(56)29(81-43)12(53)5-46/h9-39,44-65,70H,1-8H2,(H,66,67)(H,68,69)/t9-,10+,11+,12-,13+,14-,15-,16-,17-,18-,19+,20+,21+,22+,23+,24-,25+,26+,27-,28-,29-,30-,31-,32-,33-,34+,35-,36+,37-,38-,39-,42-,43-/m1/s1. The van der Waals surface area contributed by atoms with E-state index in [1.54, 1.807) is 0 Å². The van der Waals surface area contributed by atoms with E-state index >= 15 is 0 Å². The first-order valence-electron chi connectivity index (χ1n) is 25.0. The van der Waals surface area contributed by atoms with Gasteiger partial charge in [-0.15, -0.1) is 0 Å². The second-order valence-corrected chi connectivity index (χ2v) is 20.1.